The fourth-order valence-corrected chi connectivity index (χ4v) is 2.41. The molecule has 0 aliphatic carbocycles. The molecule has 0 fully saturated rings. The minimum Gasteiger partial charge on any atom is -0.490 e. The van der Waals surface area contributed by atoms with E-state index in [9.17, 15) is 9.90 Å². The molecule has 0 bridgehead atoms. The molecule has 1 heterocycles. The highest BCUT2D eigenvalue weighted by atomic mass is 32.1. The molecular formula is C19H26N4O3S. The molecule has 1 atom stereocenters. The van der Waals surface area contributed by atoms with E-state index in [-0.39, 0.29) is 18.1 Å². The maximum absolute atomic E-state index is 11.3. The van der Waals surface area contributed by atoms with Crippen molar-refractivity contribution in [3.8, 4) is 17.0 Å². The number of rotatable bonds is 7. The van der Waals surface area contributed by atoms with Crippen LogP contribution in [0.2, 0.25) is 0 Å². The Morgan fingerprint density at radius 3 is 2.67 bits per heavy atom. The number of nitrogens with one attached hydrogen (secondary N) is 3. The molecule has 1 aromatic heterocycles. The number of aromatic amines is 1. The summed E-state index contributed by atoms with van der Waals surface area (Å²) in [4.78, 5) is 11.3. The normalized spacial score (nSPS) is 12.5. The number of hydrogen-bond donors (Lipinski definition) is 4. The number of carbonyl (C=O) groups excluding carboxylic acids is 1. The van der Waals surface area contributed by atoms with E-state index in [1.807, 2.05) is 20.8 Å². The van der Waals surface area contributed by atoms with Gasteiger partial charge in [-0.05, 0) is 51.1 Å². The molecule has 0 aliphatic rings. The fourth-order valence-electron chi connectivity index (χ4n) is 2.30. The number of aromatic nitrogens is 2. The van der Waals surface area contributed by atoms with Crippen molar-refractivity contribution >= 4 is 23.8 Å². The zero-order valence-electron chi connectivity index (χ0n) is 16.0. The average Bonchev–Trinajstić information content (AvgIpc) is 2.58. The van der Waals surface area contributed by atoms with Gasteiger partial charge in [0, 0.05) is 30.3 Å². The van der Waals surface area contributed by atoms with Gasteiger partial charge in [0.25, 0.3) is 0 Å². The SMILES string of the molecule is CC(=O)Nc1ccc(OCC(O)CNC(C)(C)C)c(-c2ccc(=S)[nH]n2)c1. The van der Waals surface area contributed by atoms with E-state index in [1.54, 1.807) is 30.3 Å². The van der Waals surface area contributed by atoms with Crippen molar-refractivity contribution in [3.05, 3.63) is 35.0 Å². The van der Waals surface area contributed by atoms with Crippen molar-refractivity contribution in [3.63, 3.8) is 0 Å². The Morgan fingerprint density at radius 1 is 1.33 bits per heavy atom. The maximum atomic E-state index is 11.3. The van der Waals surface area contributed by atoms with Crippen molar-refractivity contribution in [2.24, 2.45) is 0 Å². The maximum Gasteiger partial charge on any atom is 0.221 e. The number of amides is 1. The van der Waals surface area contributed by atoms with Gasteiger partial charge in [0.1, 0.15) is 23.1 Å². The van der Waals surface area contributed by atoms with Crippen molar-refractivity contribution in [2.75, 3.05) is 18.5 Å². The summed E-state index contributed by atoms with van der Waals surface area (Å²) in [6.07, 6.45) is -0.665. The number of aliphatic hydroxyl groups is 1. The third-order valence-electron chi connectivity index (χ3n) is 3.55. The largest absolute Gasteiger partial charge is 0.490 e. The molecular weight excluding hydrogens is 364 g/mol. The van der Waals surface area contributed by atoms with Crippen LogP contribution in [0.4, 0.5) is 5.69 Å². The lowest BCUT2D eigenvalue weighted by molar-refractivity contribution is -0.114. The molecule has 1 aromatic carbocycles. The molecule has 27 heavy (non-hydrogen) atoms. The van der Waals surface area contributed by atoms with Crippen LogP contribution in [0.1, 0.15) is 27.7 Å². The Balaban J connectivity index is 2.20. The predicted octanol–water partition coefficient (Wildman–Crippen LogP) is 2.89. The third-order valence-corrected chi connectivity index (χ3v) is 3.78. The topological polar surface area (TPSA) is 99.3 Å². The molecule has 4 N–H and O–H groups in total. The lowest BCUT2D eigenvalue weighted by Crippen LogP contribution is -2.42. The Bertz CT molecular complexity index is 825. The zero-order chi connectivity index (χ0) is 20.0. The molecule has 0 radical (unpaired) electrons. The highest BCUT2D eigenvalue weighted by Gasteiger charge is 2.15. The Kier molecular flexibility index (Phi) is 7.06. The molecule has 0 aliphatic heterocycles. The lowest BCUT2D eigenvalue weighted by Gasteiger charge is -2.23. The van der Waals surface area contributed by atoms with Gasteiger partial charge in [0.2, 0.25) is 5.91 Å². The molecule has 1 unspecified atom stereocenters. The smallest absolute Gasteiger partial charge is 0.221 e. The Morgan fingerprint density at radius 2 is 2.07 bits per heavy atom. The second-order valence-corrected chi connectivity index (χ2v) is 7.73. The van der Waals surface area contributed by atoms with Crippen LogP contribution in [-0.4, -0.2) is 46.0 Å². The van der Waals surface area contributed by atoms with Gasteiger partial charge in [0.15, 0.2) is 0 Å². The summed E-state index contributed by atoms with van der Waals surface area (Å²) >= 11 is 5.04. The van der Waals surface area contributed by atoms with Gasteiger partial charge in [-0.2, -0.15) is 5.10 Å². The summed E-state index contributed by atoms with van der Waals surface area (Å²) < 4.78 is 6.34. The van der Waals surface area contributed by atoms with Gasteiger partial charge in [0.05, 0.1) is 5.69 Å². The van der Waals surface area contributed by atoms with E-state index >= 15 is 0 Å². The number of β-amino-alcohol motifs (C(OH)–C–C–N with tert-alkyl or cyclic N) is 1. The van der Waals surface area contributed by atoms with Gasteiger partial charge >= 0.3 is 0 Å². The highest BCUT2D eigenvalue weighted by molar-refractivity contribution is 7.71. The summed E-state index contributed by atoms with van der Waals surface area (Å²) in [6.45, 7) is 8.08. The minimum absolute atomic E-state index is 0.0855. The van der Waals surface area contributed by atoms with E-state index in [0.717, 1.165) is 0 Å². The first kappa shape index (κ1) is 21.0. The molecule has 7 nitrogen and oxygen atoms in total. The number of aliphatic hydroxyl groups excluding tert-OH is 1. The summed E-state index contributed by atoms with van der Waals surface area (Å²) in [7, 11) is 0. The van der Waals surface area contributed by atoms with Gasteiger partial charge in [-0.3, -0.25) is 9.89 Å². The van der Waals surface area contributed by atoms with Crippen molar-refractivity contribution in [1.82, 2.24) is 15.5 Å². The first-order valence-corrected chi connectivity index (χ1v) is 9.08. The highest BCUT2D eigenvalue weighted by Crippen LogP contribution is 2.31. The number of ether oxygens (including phenoxy) is 1. The van der Waals surface area contributed by atoms with Gasteiger partial charge < -0.3 is 20.5 Å². The number of H-pyrrole nitrogens is 1. The monoisotopic (exact) mass is 390 g/mol. The van der Waals surface area contributed by atoms with E-state index < -0.39 is 6.10 Å². The molecule has 8 heteroatoms. The quantitative estimate of drug-likeness (QED) is 0.543. The summed E-state index contributed by atoms with van der Waals surface area (Å²) in [5.74, 6) is 0.385. The number of benzene rings is 1. The van der Waals surface area contributed by atoms with Crippen LogP contribution in [0, 0.1) is 4.64 Å². The van der Waals surface area contributed by atoms with Gasteiger partial charge in [-0.1, -0.05) is 12.2 Å². The van der Waals surface area contributed by atoms with Crippen LogP contribution in [-0.2, 0) is 4.79 Å². The molecule has 2 aromatic rings. The van der Waals surface area contributed by atoms with Crippen LogP contribution in [0.15, 0.2) is 30.3 Å². The number of hydrogen-bond acceptors (Lipinski definition) is 6. The Labute approximate surface area is 164 Å². The average molecular weight is 391 g/mol. The van der Waals surface area contributed by atoms with Crippen LogP contribution in [0.3, 0.4) is 0 Å². The lowest BCUT2D eigenvalue weighted by atomic mass is 10.1. The van der Waals surface area contributed by atoms with Crippen molar-refractivity contribution in [1.29, 1.82) is 0 Å². The minimum atomic E-state index is -0.665. The third kappa shape index (κ3) is 7.09. The van der Waals surface area contributed by atoms with Crippen LogP contribution < -0.4 is 15.4 Å². The van der Waals surface area contributed by atoms with E-state index in [1.165, 1.54) is 6.92 Å². The number of carbonyl (C=O) groups is 1. The van der Waals surface area contributed by atoms with Crippen LogP contribution in [0.25, 0.3) is 11.3 Å². The number of nitrogens with zero attached hydrogens (tertiary/aromatic N) is 1. The molecule has 2 rings (SSSR count). The van der Waals surface area contributed by atoms with E-state index in [0.29, 0.717) is 33.9 Å². The van der Waals surface area contributed by atoms with Crippen LogP contribution in [0.5, 0.6) is 5.75 Å². The molecule has 146 valence electrons. The molecule has 0 spiro atoms. The summed E-state index contributed by atoms with van der Waals surface area (Å²) in [5, 5.41) is 23.1. The first-order chi connectivity index (χ1) is 12.6. The predicted molar refractivity (Wildman–Crippen MR) is 108 cm³/mol. The van der Waals surface area contributed by atoms with E-state index in [4.69, 9.17) is 17.0 Å². The standard InChI is InChI=1S/C19H26N4O3S/c1-12(24)21-13-5-7-17(26-11-14(25)10-20-19(2,3)4)15(9-13)16-6-8-18(27)23-22-16/h5-9,14,20,25H,10-11H2,1-4H3,(H,21,24)(H,23,27). The van der Waals surface area contributed by atoms with Crippen molar-refractivity contribution in [2.45, 2.75) is 39.3 Å². The van der Waals surface area contributed by atoms with Gasteiger partial charge in [-0.25, -0.2) is 0 Å². The molecule has 1 amide bonds. The molecule has 0 saturated carbocycles. The Hall–Kier alpha value is -2.29. The van der Waals surface area contributed by atoms with Crippen molar-refractivity contribution < 1.29 is 14.6 Å². The summed E-state index contributed by atoms with van der Waals surface area (Å²) in [6, 6.07) is 8.76. The fraction of sp³-hybridized carbons (Fsp3) is 0.421. The van der Waals surface area contributed by atoms with Crippen LogP contribution >= 0.6 is 12.2 Å². The van der Waals surface area contributed by atoms with E-state index in [2.05, 4.69) is 20.8 Å². The molecule has 0 saturated heterocycles. The first-order valence-electron chi connectivity index (χ1n) is 8.68. The van der Waals surface area contributed by atoms with Gasteiger partial charge in [-0.15, -0.1) is 0 Å². The number of anilines is 1. The second kappa shape index (κ2) is 9.07. The second-order valence-electron chi connectivity index (χ2n) is 7.29. The zero-order valence-corrected chi connectivity index (χ0v) is 16.8. The summed E-state index contributed by atoms with van der Waals surface area (Å²) in [5.41, 5.74) is 1.85.